The summed E-state index contributed by atoms with van der Waals surface area (Å²) in [6.07, 6.45) is 4.97. The maximum Gasteiger partial charge on any atom is 0.214 e. The van der Waals surface area contributed by atoms with Gasteiger partial charge in [-0.2, -0.15) is 0 Å². The summed E-state index contributed by atoms with van der Waals surface area (Å²) in [4.78, 5) is 0. The van der Waals surface area contributed by atoms with Gasteiger partial charge in [-0.1, -0.05) is 55.7 Å². The highest BCUT2D eigenvalue weighted by Gasteiger charge is 2.29. The lowest BCUT2D eigenvalue weighted by atomic mass is 10.0. The third-order valence-electron chi connectivity index (χ3n) is 3.28. The van der Waals surface area contributed by atoms with Crippen molar-refractivity contribution in [3.8, 4) is 0 Å². The Morgan fingerprint density at radius 2 is 1.81 bits per heavy atom. The van der Waals surface area contributed by atoms with Gasteiger partial charge in [0.2, 0.25) is 10.0 Å². The van der Waals surface area contributed by atoms with Gasteiger partial charge in [0, 0.05) is 10.5 Å². The molecule has 0 aliphatic heterocycles. The van der Waals surface area contributed by atoms with E-state index in [2.05, 4.69) is 41.2 Å². The second-order valence-electron chi connectivity index (χ2n) is 4.93. The Kier molecular flexibility index (Phi) is 6.01. The molecule has 0 aromatic carbocycles. The van der Waals surface area contributed by atoms with E-state index in [1.807, 2.05) is 0 Å². The van der Waals surface area contributed by atoms with Gasteiger partial charge in [0.05, 0.1) is 5.25 Å². The molecule has 1 fully saturated rings. The maximum atomic E-state index is 12.1. The molecule has 1 N–H and O–H groups in total. The molecular formula is C11H22INO2S. The SMILES string of the molecule is CC(C)C(CI)NS(=O)(=O)C1CCCCC1. The van der Waals surface area contributed by atoms with E-state index >= 15 is 0 Å². The predicted molar refractivity (Wildman–Crippen MR) is 76.4 cm³/mol. The summed E-state index contributed by atoms with van der Waals surface area (Å²) in [7, 11) is -3.09. The van der Waals surface area contributed by atoms with Crippen molar-refractivity contribution in [1.82, 2.24) is 4.72 Å². The van der Waals surface area contributed by atoms with Crippen LogP contribution < -0.4 is 4.72 Å². The average molecular weight is 359 g/mol. The molecule has 1 atom stereocenters. The zero-order chi connectivity index (χ0) is 12.2. The van der Waals surface area contributed by atoms with Crippen molar-refractivity contribution in [2.75, 3.05) is 4.43 Å². The molecule has 16 heavy (non-hydrogen) atoms. The highest BCUT2D eigenvalue weighted by atomic mass is 127. The van der Waals surface area contributed by atoms with E-state index in [0.717, 1.165) is 30.1 Å². The van der Waals surface area contributed by atoms with Gasteiger partial charge >= 0.3 is 0 Å². The van der Waals surface area contributed by atoms with Crippen LogP contribution in [-0.2, 0) is 10.0 Å². The number of hydrogen-bond acceptors (Lipinski definition) is 2. The highest BCUT2D eigenvalue weighted by molar-refractivity contribution is 14.1. The van der Waals surface area contributed by atoms with Crippen LogP contribution in [0.15, 0.2) is 0 Å². The first kappa shape index (κ1) is 14.7. The monoisotopic (exact) mass is 359 g/mol. The fraction of sp³-hybridized carbons (Fsp3) is 1.00. The predicted octanol–water partition coefficient (Wildman–Crippen LogP) is 2.70. The zero-order valence-corrected chi connectivity index (χ0v) is 13.1. The molecule has 0 radical (unpaired) electrons. The standard InChI is InChI=1S/C11H22INO2S/c1-9(2)11(8-12)13-16(14,15)10-6-4-3-5-7-10/h9-11,13H,3-8H2,1-2H3. The Morgan fingerprint density at radius 1 is 1.25 bits per heavy atom. The van der Waals surface area contributed by atoms with Crippen molar-refractivity contribution in [3.63, 3.8) is 0 Å². The van der Waals surface area contributed by atoms with E-state index in [-0.39, 0.29) is 11.3 Å². The number of alkyl halides is 1. The van der Waals surface area contributed by atoms with Crippen molar-refractivity contribution >= 4 is 32.6 Å². The second kappa shape index (κ2) is 6.54. The molecule has 5 heteroatoms. The van der Waals surface area contributed by atoms with Gasteiger partial charge in [-0.25, -0.2) is 13.1 Å². The Balaban J connectivity index is 2.62. The highest BCUT2D eigenvalue weighted by Crippen LogP contribution is 2.23. The quantitative estimate of drug-likeness (QED) is 0.606. The van der Waals surface area contributed by atoms with E-state index in [1.54, 1.807) is 0 Å². The lowest BCUT2D eigenvalue weighted by molar-refractivity contribution is 0.451. The number of nitrogens with one attached hydrogen (secondary N) is 1. The van der Waals surface area contributed by atoms with Gasteiger partial charge in [-0.15, -0.1) is 0 Å². The summed E-state index contributed by atoms with van der Waals surface area (Å²) in [5.41, 5.74) is 0. The average Bonchev–Trinajstić information content (AvgIpc) is 2.27. The molecule has 0 saturated heterocycles. The van der Waals surface area contributed by atoms with Gasteiger partial charge < -0.3 is 0 Å². The van der Waals surface area contributed by atoms with Crippen LogP contribution in [-0.4, -0.2) is 24.1 Å². The lowest BCUT2D eigenvalue weighted by Gasteiger charge is -2.26. The van der Waals surface area contributed by atoms with Gasteiger partial charge in [-0.05, 0) is 18.8 Å². The van der Waals surface area contributed by atoms with Gasteiger partial charge in [0.25, 0.3) is 0 Å². The van der Waals surface area contributed by atoms with Crippen LogP contribution in [0.5, 0.6) is 0 Å². The normalized spacial score (nSPS) is 21.2. The summed E-state index contributed by atoms with van der Waals surface area (Å²) in [6, 6.07) is 0.0764. The third kappa shape index (κ3) is 4.14. The van der Waals surface area contributed by atoms with Crippen molar-refractivity contribution in [2.24, 2.45) is 5.92 Å². The fourth-order valence-corrected chi connectivity index (χ4v) is 5.49. The smallest absolute Gasteiger partial charge is 0.212 e. The fourth-order valence-electron chi connectivity index (χ4n) is 2.03. The minimum absolute atomic E-state index is 0.0764. The number of hydrogen-bond donors (Lipinski definition) is 1. The van der Waals surface area contributed by atoms with Crippen LogP contribution in [0.25, 0.3) is 0 Å². The van der Waals surface area contributed by atoms with Crippen molar-refractivity contribution in [3.05, 3.63) is 0 Å². The van der Waals surface area contributed by atoms with Gasteiger partial charge in [0.15, 0.2) is 0 Å². The van der Waals surface area contributed by atoms with Crippen LogP contribution in [0.2, 0.25) is 0 Å². The number of rotatable bonds is 5. The minimum atomic E-state index is -3.09. The van der Waals surface area contributed by atoms with Crippen molar-refractivity contribution in [1.29, 1.82) is 0 Å². The summed E-state index contributed by atoms with van der Waals surface area (Å²) in [5, 5.41) is -0.148. The topological polar surface area (TPSA) is 46.2 Å². The molecular weight excluding hydrogens is 337 g/mol. The first-order valence-corrected chi connectivity index (χ1v) is 9.11. The number of sulfonamides is 1. The largest absolute Gasteiger partial charge is 0.214 e. The summed E-state index contributed by atoms with van der Waals surface area (Å²) < 4.78 is 28.0. The Hall–Kier alpha value is 0.640. The first-order chi connectivity index (χ1) is 7.47. The van der Waals surface area contributed by atoms with Crippen LogP contribution in [0.3, 0.4) is 0 Å². The van der Waals surface area contributed by atoms with E-state index in [4.69, 9.17) is 0 Å². The molecule has 1 rings (SSSR count). The molecule has 1 saturated carbocycles. The minimum Gasteiger partial charge on any atom is -0.212 e. The molecule has 0 aromatic rings. The molecule has 1 aliphatic carbocycles. The summed E-state index contributed by atoms with van der Waals surface area (Å²) in [5.74, 6) is 0.357. The first-order valence-electron chi connectivity index (χ1n) is 6.04. The van der Waals surface area contributed by atoms with Crippen LogP contribution in [0, 0.1) is 5.92 Å². The molecule has 1 aliphatic rings. The van der Waals surface area contributed by atoms with Crippen LogP contribution in [0.4, 0.5) is 0 Å². The molecule has 96 valence electrons. The van der Waals surface area contributed by atoms with E-state index in [1.165, 1.54) is 6.42 Å². The van der Waals surface area contributed by atoms with Crippen molar-refractivity contribution < 1.29 is 8.42 Å². The molecule has 0 aromatic heterocycles. The summed E-state index contributed by atoms with van der Waals surface area (Å²) >= 11 is 2.25. The Morgan fingerprint density at radius 3 is 2.25 bits per heavy atom. The maximum absolute atomic E-state index is 12.1. The Bertz CT molecular complexity index is 297. The van der Waals surface area contributed by atoms with E-state index < -0.39 is 10.0 Å². The Labute approximate surface area is 113 Å². The molecule has 0 spiro atoms. The van der Waals surface area contributed by atoms with E-state index in [9.17, 15) is 8.42 Å². The third-order valence-corrected chi connectivity index (χ3v) is 6.21. The molecule has 1 unspecified atom stereocenters. The molecule has 0 amide bonds. The van der Waals surface area contributed by atoms with E-state index in [0.29, 0.717) is 5.92 Å². The number of halogens is 1. The van der Waals surface area contributed by atoms with Crippen LogP contribution >= 0.6 is 22.6 Å². The second-order valence-corrected chi connectivity index (χ2v) is 7.80. The van der Waals surface area contributed by atoms with Gasteiger partial charge in [0.1, 0.15) is 0 Å². The van der Waals surface area contributed by atoms with Crippen LogP contribution in [0.1, 0.15) is 46.0 Å². The molecule has 0 heterocycles. The van der Waals surface area contributed by atoms with Gasteiger partial charge in [-0.3, -0.25) is 0 Å². The zero-order valence-electron chi connectivity index (χ0n) is 10.1. The summed E-state index contributed by atoms with van der Waals surface area (Å²) in [6.45, 7) is 4.12. The lowest BCUT2D eigenvalue weighted by Crippen LogP contribution is -2.44. The van der Waals surface area contributed by atoms with Crippen molar-refractivity contribution in [2.45, 2.75) is 57.2 Å². The molecule has 0 bridgehead atoms. The molecule has 3 nitrogen and oxygen atoms in total.